The zero-order valence-corrected chi connectivity index (χ0v) is 13.7. The Morgan fingerprint density at radius 3 is 1.24 bits per heavy atom. The Labute approximate surface area is 131 Å². The largest absolute Gasteiger partial charge is 0.452 e. The second-order valence-corrected chi connectivity index (χ2v) is 6.17. The molecule has 4 N–H and O–H groups in total. The second kappa shape index (κ2) is 14.9. The first kappa shape index (κ1) is 21.0. The SMILES string of the molecule is CCCCCCCCCCCCCCC(B(O)O)B(O)O. The van der Waals surface area contributed by atoms with Crippen molar-refractivity contribution in [2.45, 2.75) is 96.1 Å². The lowest BCUT2D eigenvalue weighted by Crippen LogP contribution is -2.33. The Bertz CT molecular complexity index is 208. The molecule has 0 spiro atoms. The van der Waals surface area contributed by atoms with Crippen molar-refractivity contribution in [3.63, 3.8) is 0 Å². The number of rotatable bonds is 15. The van der Waals surface area contributed by atoms with Crippen molar-refractivity contribution in [3.05, 3.63) is 0 Å². The predicted molar refractivity (Wildman–Crippen MR) is 89.8 cm³/mol. The predicted octanol–water partition coefficient (Wildman–Crippen LogP) is 2.93. The summed E-state index contributed by atoms with van der Waals surface area (Å²) in [5.74, 6) is 0. The lowest BCUT2D eigenvalue weighted by Gasteiger charge is -2.13. The fourth-order valence-corrected chi connectivity index (χ4v) is 2.67. The summed E-state index contributed by atoms with van der Waals surface area (Å²) in [5.41, 5.74) is -0.840. The zero-order chi connectivity index (χ0) is 15.9. The van der Waals surface area contributed by atoms with E-state index < -0.39 is 20.0 Å². The maximum Gasteiger partial charge on any atom is 0.452 e. The fraction of sp³-hybridized carbons (Fsp3) is 1.00. The molecule has 0 saturated heterocycles. The van der Waals surface area contributed by atoms with Crippen LogP contribution in [0.4, 0.5) is 0 Å². The summed E-state index contributed by atoms with van der Waals surface area (Å²) < 4.78 is 0. The Kier molecular flexibility index (Phi) is 14.9. The summed E-state index contributed by atoms with van der Waals surface area (Å²) in [4.78, 5) is 0. The summed E-state index contributed by atoms with van der Waals surface area (Å²) >= 11 is 0. The van der Waals surface area contributed by atoms with Crippen molar-refractivity contribution in [2.24, 2.45) is 0 Å². The lowest BCUT2D eigenvalue weighted by atomic mass is 9.51. The minimum absolute atomic E-state index is 0.451. The highest BCUT2D eigenvalue weighted by Gasteiger charge is 2.33. The molecule has 0 aliphatic carbocycles. The molecule has 0 amide bonds. The highest BCUT2D eigenvalue weighted by molar-refractivity contribution is 6.64. The minimum Gasteiger partial charge on any atom is -0.427 e. The molecule has 0 saturated carbocycles. The van der Waals surface area contributed by atoms with Crippen LogP contribution in [0.1, 0.15) is 90.4 Å². The van der Waals surface area contributed by atoms with Crippen LogP contribution in [-0.2, 0) is 0 Å². The van der Waals surface area contributed by atoms with Crippen molar-refractivity contribution in [1.82, 2.24) is 0 Å². The summed E-state index contributed by atoms with van der Waals surface area (Å²) in [6.45, 7) is 2.24. The van der Waals surface area contributed by atoms with Crippen LogP contribution < -0.4 is 0 Å². The monoisotopic (exact) mass is 300 g/mol. The van der Waals surface area contributed by atoms with Gasteiger partial charge in [0, 0.05) is 5.72 Å². The molecule has 0 aliphatic heterocycles. The van der Waals surface area contributed by atoms with E-state index in [0.29, 0.717) is 6.42 Å². The molecule has 124 valence electrons. The van der Waals surface area contributed by atoms with Crippen molar-refractivity contribution < 1.29 is 20.1 Å². The average Bonchev–Trinajstić information content (AvgIpc) is 2.43. The van der Waals surface area contributed by atoms with Gasteiger partial charge in [0.15, 0.2) is 0 Å². The number of hydrogen-bond donors (Lipinski definition) is 4. The van der Waals surface area contributed by atoms with Gasteiger partial charge in [0.25, 0.3) is 0 Å². The molecule has 0 aromatic rings. The number of hydrogen-bond acceptors (Lipinski definition) is 4. The van der Waals surface area contributed by atoms with Crippen LogP contribution in [0.5, 0.6) is 0 Å². The van der Waals surface area contributed by atoms with Crippen LogP contribution in [0.25, 0.3) is 0 Å². The van der Waals surface area contributed by atoms with E-state index in [1.165, 1.54) is 57.8 Å². The van der Waals surface area contributed by atoms with Crippen LogP contribution in [0.15, 0.2) is 0 Å². The Balaban J connectivity index is 3.25. The van der Waals surface area contributed by atoms with Crippen LogP contribution in [0.2, 0.25) is 5.72 Å². The van der Waals surface area contributed by atoms with Gasteiger partial charge in [-0.15, -0.1) is 0 Å². The van der Waals surface area contributed by atoms with Crippen LogP contribution in [0, 0.1) is 0 Å². The maximum absolute atomic E-state index is 9.00. The zero-order valence-electron chi connectivity index (χ0n) is 13.7. The van der Waals surface area contributed by atoms with Crippen LogP contribution >= 0.6 is 0 Å². The molecular formula is C15H34B2O4. The van der Waals surface area contributed by atoms with Crippen molar-refractivity contribution >= 4 is 14.2 Å². The summed E-state index contributed by atoms with van der Waals surface area (Å²) in [6.07, 6.45) is 15.4. The second-order valence-electron chi connectivity index (χ2n) is 6.17. The fourth-order valence-electron chi connectivity index (χ4n) is 2.67. The van der Waals surface area contributed by atoms with Gasteiger partial charge in [-0.1, -0.05) is 90.4 Å². The molecule has 0 aromatic carbocycles. The quantitative estimate of drug-likeness (QED) is 0.277. The maximum atomic E-state index is 9.00. The molecule has 0 unspecified atom stereocenters. The molecule has 0 heterocycles. The van der Waals surface area contributed by atoms with E-state index in [4.69, 9.17) is 20.1 Å². The topological polar surface area (TPSA) is 80.9 Å². The smallest absolute Gasteiger partial charge is 0.427 e. The van der Waals surface area contributed by atoms with Gasteiger partial charge in [-0.2, -0.15) is 0 Å². The molecule has 21 heavy (non-hydrogen) atoms. The van der Waals surface area contributed by atoms with E-state index in [1.54, 1.807) is 0 Å². The van der Waals surface area contributed by atoms with E-state index in [-0.39, 0.29) is 0 Å². The van der Waals surface area contributed by atoms with Gasteiger partial charge < -0.3 is 20.1 Å². The van der Waals surface area contributed by atoms with E-state index in [1.807, 2.05) is 0 Å². The molecule has 0 aromatic heterocycles. The third-order valence-electron chi connectivity index (χ3n) is 4.16. The third kappa shape index (κ3) is 13.4. The average molecular weight is 300 g/mol. The Morgan fingerprint density at radius 1 is 0.571 bits per heavy atom. The molecule has 0 bridgehead atoms. The van der Waals surface area contributed by atoms with Crippen LogP contribution in [-0.4, -0.2) is 34.3 Å². The lowest BCUT2D eigenvalue weighted by molar-refractivity contribution is 0.351. The highest BCUT2D eigenvalue weighted by atomic mass is 16.4. The molecule has 6 heteroatoms. The standard InChI is InChI=1S/C15H34B2O4/c1-2-3-4-5-6-7-8-9-10-11-12-13-14-15(16(18)19)17(20)21/h15,18-21H,2-14H2,1H3. The Morgan fingerprint density at radius 2 is 0.905 bits per heavy atom. The first-order valence-electron chi connectivity index (χ1n) is 8.81. The molecule has 0 atom stereocenters. The molecule has 0 rings (SSSR count). The third-order valence-corrected chi connectivity index (χ3v) is 4.16. The van der Waals surface area contributed by atoms with E-state index in [9.17, 15) is 0 Å². The van der Waals surface area contributed by atoms with Gasteiger partial charge in [0.2, 0.25) is 0 Å². The van der Waals surface area contributed by atoms with Crippen molar-refractivity contribution in [2.75, 3.05) is 0 Å². The van der Waals surface area contributed by atoms with Crippen molar-refractivity contribution in [3.8, 4) is 0 Å². The minimum atomic E-state index is -1.64. The van der Waals surface area contributed by atoms with E-state index in [0.717, 1.165) is 19.3 Å². The number of unbranched alkanes of at least 4 members (excludes halogenated alkanes) is 11. The Hall–Kier alpha value is -0.0301. The van der Waals surface area contributed by atoms with E-state index >= 15 is 0 Å². The van der Waals surface area contributed by atoms with E-state index in [2.05, 4.69) is 6.92 Å². The summed E-state index contributed by atoms with van der Waals surface area (Å²) in [7, 11) is -3.28. The van der Waals surface area contributed by atoms with Crippen LogP contribution in [0.3, 0.4) is 0 Å². The van der Waals surface area contributed by atoms with Gasteiger partial charge in [0.05, 0.1) is 0 Å². The highest BCUT2D eigenvalue weighted by Crippen LogP contribution is 2.19. The van der Waals surface area contributed by atoms with Gasteiger partial charge in [-0.05, 0) is 0 Å². The van der Waals surface area contributed by atoms with Crippen molar-refractivity contribution in [1.29, 1.82) is 0 Å². The molecular weight excluding hydrogens is 266 g/mol. The molecule has 4 nitrogen and oxygen atoms in total. The molecule has 0 aliphatic rings. The summed E-state index contributed by atoms with van der Waals surface area (Å²) in [5, 5.41) is 36.0. The van der Waals surface area contributed by atoms with Gasteiger partial charge in [-0.25, -0.2) is 0 Å². The first-order valence-corrected chi connectivity index (χ1v) is 8.81. The van der Waals surface area contributed by atoms with Gasteiger partial charge in [0.1, 0.15) is 0 Å². The van der Waals surface area contributed by atoms with Gasteiger partial charge in [-0.3, -0.25) is 0 Å². The summed E-state index contributed by atoms with van der Waals surface area (Å²) in [6, 6.07) is 0. The molecule has 0 radical (unpaired) electrons. The first-order chi connectivity index (χ1) is 10.1. The van der Waals surface area contributed by atoms with Gasteiger partial charge >= 0.3 is 14.2 Å². The molecule has 0 fully saturated rings. The normalized spacial score (nSPS) is 11.1.